The molecule has 3 rings (SSSR count). The van der Waals surface area contributed by atoms with Gasteiger partial charge in [0.2, 0.25) is 0 Å². The largest absolute Gasteiger partial charge is 0.337 e. The van der Waals surface area contributed by atoms with Crippen LogP contribution in [0.3, 0.4) is 0 Å². The van der Waals surface area contributed by atoms with Crippen molar-refractivity contribution < 1.29 is 9.18 Å². The molecule has 150 valence electrons. The minimum Gasteiger partial charge on any atom is -0.337 e. The molecule has 0 radical (unpaired) electrons. The smallest absolute Gasteiger partial charge is 0.323 e. The highest BCUT2D eigenvalue weighted by Crippen LogP contribution is 2.29. The van der Waals surface area contributed by atoms with Gasteiger partial charge in [-0.2, -0.15) is 0 Å². The Morgan fingerprint density at radius 1 is 1.34 bits per heavy atom. The third-order valence-corrected chi connectivity index (χ3v) is 4.56. The van der Waals surface area contributed by atoms with Crippen LogP contribution >= 0.6 is 0 Å². The number of aromatic nitrogens is 2. The molecule has 1 aromatic carbocycles. The van der Waals surface area contributed by atoms with E-state index in [0.717, 1.165) is 5.57 Å². The number of aryl methyl sites for hydroxylation is 1. The van der Waals surface area contributed by atoms with Crippen molar-refractivity contribution in [3.8, 4) is 0 Å². The number of imidazole rings is 1. The van der Waals surface area contributed by atoms with Crippen molar-refractivity contribution in [2.24, 2.45) is 4.99 Å². The zero-order chi connectivity index (χ0) is 20.6. The van der Waals surface area contributed by atoms with Crippen molar-refractivity contribution >= 4 is 11.9 Å². The van der Waals surface area contributed by atoms with Crippen LogP contribution in [-0.4, -0.2) is 39.4 Å². The number of hydrogen-bond acceptors (Lipinski definition) is 3. The van der Waals surface area contributed by atoms with Gasteiger partial charge in [-0.25, -0.2) is 14.2 Å². The third-order valence-electron chi connectivity index (χ3n) is 4.56. The Bertz CT molecular complexity index is 932. The predicted molar refractivity (Wildman–Crippen MR) is 112 cm³/mol. The van der Waals surface area contributed by atoms with Crippen LogP contribution in [0.1, 0.15) is 18.0 Å². The van der Waals surface area contributed by atoms with Crippen LogP contribution in [0.25, 0.3) is 0 Å². The van der Waals surface area contributed by atoms with Crippen molar-refractivity contribution in [3.05, 3.63) is 91.3 Å². The van der Waals surface area contributed by atoms with E-state index < -0.39 is 6.04 Å². The lowest BCUT2D eigenvalue weighted by Gasteiger charge is -2.23. The molecule has 2 amide bonds. The van der Waals surface area contributed by atoms with Gasteiger partial charge in [-0.1, -0.05) is 49.6 Å². The highest BCUT2D eigenvalue weighted by Gasteiger charge is 2.38. The first kappa shape index (κ1) is 20.3. The maximum absolute atomic E-state index is 14.6. The lowest BCUT2D eigenvalue weighted by Crippen LogP contribution is -2.31. The maximum Gasteiger partial charge on any atom is 0.323 e. The van der Waals surface area contributed by atoms with E-state index in [4.69, 9.17) is 0 Å². The van der Waals surface area contributed by atoms with E-state index >= 15 is 0 Å². The normalized spacial score (nSPS) is 17.8. The molecule has 1 N–H and O–H groups in total. The van der Waals surface area contributed by atoms with Crippen molar-refractivity contribution in [1.29, 1.82) is 0 Å². The number of carbonyl (C=O) groups excluding carboxylic acids is 1. The molecule has 0 bridgehead atoms. The minimum atomic E-state index is -0.595. The second-order valence-corrected chi connectivity index (χ2v) is 6.66. The Labute approximate surface area is 169 Å². The molecular formula is C22H24FN5O. The summed E-state index contributed by atoms with van der Waals surface area (Å²) in [4.78, 5) is 22.8. The summed E-state index contributed by atoms with van der Waals surface area (Å²) in [7, 11) is 0. The summed E-state index contributed by atoms with van der Waals surface area (Å²) in [5.74, 6) is 0.0579. The maximum atomic E-state index is 14.6. The number of rotatable bonds is 9. The summed E-state index contributed by atoms with van der Waals surface area (Å²) < 4.78 is 16.5. The Morgan fingerprint density at radius 2 is 2.17 bits per heavy atom. The second kappa shape index (κ2) is 9.64. The molecule has 6 nitrogen and oxygen atoms in total. The van der Waals surface area contributed by atoms with Crippen molar-refractivity contribution in [2.75, 3.05) is 13.1 Å². The third kappa shape index (κ3) is 5.07. The van der Waals surface area contributed by atoms with Crippen LogP contribution in [0.5, 0.6) is 0 Å². The number of allylic oxidation sites excluding steroid dienone is 2. The van der Waals surface area contributed by atoms with Gasteiger partial charge in [0.15, 0.2) is 0 Å². The number of amidine groups is 1. The molecule has 1 fully saturated rings. The average Bonchev–Trinajstić information content (AvgIpc) is 3.33. The molecule has 0 aliphatic carbocycles. The number of carbonyl (C=O) groups is 1. The van der Waals surface area contributed by atoms with E-state index in [1.54, 1.807) is 53.9 Å². The highest BCUT2D eigenvalue weighted by atomic mass is 19.1. The summed E-state index contributed by atoms with van der Waals surface area (Å²) in [6.07, 6.45) is 11.2. The van der Waals surface area contributed by atoms with Gasteiger partial charge >= 0.3 is 6.03 Å². The van der Waals surface area contributed by atoms with Gasteiger partial charge < -0.3 is 9.47 Å². The van der Waals surface area contributed by atoms with Gasteiger partial charge in [0.05, 0.1) is 12.9 Å². The van der Waals surface area contributed by atoms with Gasteiger partial charge in [-0.05, 0) is 18.1 Å². The van der Waals surface area contributed by atoms with E-state index in [1.807, 2.05) is 10.8 Å². The van der Waals surface area contributed by atoms with E-state index in [0.29, 0.717) is 37.5 Å². The Morgan fingerprint density at radius 3 is 2.90 bits per heavy atom. The number of aliphatic imine (C=N–C) groups is 1. The summed E-state index contributed by atoms with van der Waals surface area (Å²) in [6, 6.07) is 5.59. The van der Waals surface area contributed by atoms with Crippen LogP contribution in [-0.2, 0) is 6.54 Å². The van der Waals surface area contributed by atoms with Crippen molar-refractivity contribution in [3.63, 3.8) is 0 Å². The quantitative estimate of drug-likeness (QED) is 0.657. The van der Waals surface area contributed by atoms with Crippen LogP contribution in [0, 0.1) is 5.82 Å². The van der Waals surface area contributed by atoms with Crippen LogP contribution in [0.2, 0.25) is 0 Å². The number of nitrogens with zero attached hydrogens (tertiary/aromatic N) is 4. The molecule has 0 spiro atoms. The summed E-state index contributed by atoms with van der Waals surface area (Å²) in [5.41, 5.74) is 1.18. The zero-order valence-electron chi connectivity index (χ0n) is 16.2. The number of hydrogen-bond donors (Lipinski definition) is 1. The molecule has 2 heterocycles. The SMILES string of the molecule is C=C/C=C\C(=C)CN=C1NC(=O)N(CCCn2ccnc2)C1c1ccccc1F. The van der Waals surface area contributed by atoms with Crippen molar-refractivity contribution in [2.45, 2.75) is 19.0 Å². The summed E-state index contributed by atoms with van der Waals surface area (Å²) >= 11 is 0. The topological polar surface area (TPSA) is 62.5 Å². The van der Waals surface area contributed by atoms with Crippen LogP contribution in [0.4, 0.5) is 9.18 Å². The minimum absolute atomic E-state index is 0.283. The van der Waals surface area contributed by atoms with Gasteiger partial charge in [0.25, 0.3) is 0 Å². The average molecular weight is 393 g/mol. The Kier molecular flexibility index (Phi) is 6.73. The van der Waals surface area contributed by atoms with Crippen LogP contribution in [0.15, 0.2) is 84.9 Å². The van der Waals surface area contributed by atoms with E-state index in [9.17, 15) is 9.18 Å². The molecule has 1 saturated heterocycles. The van der Waals surface area contributed by atoms with Gasteiger partial charge in [-0.3, -0.25) is 10.3 Å². The van der Waals surface area contributed by atoms with Gasteiger partial charge in [0.1, 0.15) is 17.7 Å². The van der Waals surface area contributed by atoms with E-state index in [1.165, 1.54) is 6.07 Å². The zero-order valence-corrected chi connectivity index (χ0v) is 16.2. The fourth-order valence-corrected chi connectivity index (χ4v) is 3.17. The lowest BCUT2D eigenvalue weighted by molar-refractivity contribution is 0.203. The fourth-order valence-electron chi connectivity index (χ4n) is 3.17. The first-order chi connectivity index (χ1) is 14.1. The predicted octanol–water partition coefficient (Wildman–Crippen LogP) is 3.88. The highest BCUT2D eigenvalue weighted by molar-refractivity contribution is 6.07. The second-order valence-electron chi connectivity index (χ2n) is 6.66. The molecule has 7 heteroatoms. The number of halogens is 1. The molecule has 1 aliphatic rings. The number of benzene rings is 1. The number of amides is 2. The summed E-state index contributed by atoms with van der Waals surface area (Å²) in [5, 5.41) is 2.80. The molecule has 29 heavy (non-hydrogen) atoms. The molecule has 0 saturated carbocycles. The van der Waals surface area contributed by atoms with E-state index in [2.05, 4.69) is 28.5 Å². The first-order valence-electron chi connectivity index (χ1n) is 9.39. The van der Waals surface area contributed by atoms with E-state index in [-0.39, 0.29) is 11.8 Å². The fraction of sp³-hybridized carbons (Fsp3) is 0.227. The van der Waals surface area contributed by atoms with Crippen LogP contribution < -0.4 is 5.32 Å². The lowest BCUT2D eigenvalue weighted by atomic mass is 10.0. The molecular weight excluding hydrogens is 369 g/mol. The van der Waals surface area contributed by atoms with Gasteiger partial charge in [0, 0.05) is 31.0 Å². The first-order valence-corrected chi connectivity index (χ1v) is 9.39. The molecule has 1 unspecified atom stereocenters. The molecule has 1 aliphatic heterocycles. The monoisotopic (exact) mass is 393 g/mol. The number of nitrogens with one attached hydrogen (secondary N) is 1. The number of urea groups is 1. The molecule has 1 aromatic heterocycles. The molecule has 1 atom stereocenters. The standard InChI is InChI=1S/C22H24FN5O/c1-3-4-8-17(2)15-25-21-20(18-9-5-6-10-19(18)23)28(22(29)26-21)13-7-12-27-14-11-24-16-27/h3-6,8-11,14,16,20H,1-2,7,12-13,15H2,(H,25,26,29)/b8-4-. The molecule has 2 aromatic rings. The Balaban J connectivity index is 1.81. The van der Waals surface area contributed by atoms with Crippen molar-refractivity contribution in [1.82, 2.24) is 19.8 Å². The summed E-state index contributed by atoms with van der Waals surface area (Å²) in [6.45, 7) is 9.03. The van der Waals surface area contributed by atoms with Gasteiger partial charge in [-0.15, -0.1) is 0 Å². The Hall–Kier alpha value is -3.48.